The summed E-state index contributed by atoms with van der Waals surface area (Å²) in [7, 11) is 0. The maximum absolute atomic E-state index is 12.3. The Labute approximate surface area is 127 Å². The first-order chi connectivity index (χ1) is 9.63. The number of carbonyl (C=O) groups excluding carboxylic acids is 1. The molecule has 0 aliphatic heterocycles. The summed E-state index contributed by atoms with van der Waals surface area (Å²) < 4.78 is 0. The van der Waals surface area contributed by atoms with E-state index in [1.807, 2.05) is 13.8 Å². The second-order valence-corrected chi connectivity index (χ2v) is 7.00. The molecule has 0 aliphatic carbocycles. The number of hydrogen-bond donors (Lipinski definition) is 2. The van der Waals surface area contributed by atoms with E-state index >= 15 is 0 Å². The maximum atomic E-state index is 12.3. The number of carbonyl (C=O) groups is 1. The number of hydrogen-bond acceptors (Lipinski definition) is 3. The number of aliphatic hydroxyl groups excluding tert-OH is 1. The molecule has 21 heavy (non-hydrogen) atoms. The molecule has 114 valence electrons. The van der Waals surface area contributed by atoms with Crippen molar-refractivity contribution in [3.05, 3.63) is 29.6 Å². The highest BCUT2D eigenvalue weighted by atomic mass is 16.2. The van der Waals surface area contributed by atoms with Crippen LogP contribution in [0.5, 0.6) is 0 Å². The van der Waals surface area contributed by atoms with Crippen molar-refractivity contribution in [2.45, 2.75) is 46.6 Å². The highest BCUT2D eigenvalue weighted by Gasteiger charge is 2.27. The molecule has 1 amide bonds. The van der Waals surface area contributed by atoms with Crippen LogP contribution < -0.4 is 5.32 Å². The molecule has 0 spiro atoms. The first kappa shape index (κ1) is 17.2. The second-order valence-electron chi connectivity index (χ2n) is 7.00. The predicted molar refractivity (Wildman–Crippen MR) is 83.8 cm³/mol. The van der Waals surface area contributed by atoms with Crippen molar-refractivity contribution in [3.8, 4) is 11.8 Å². The smallest absolute Gasteiger partial charge is 0.253 e. The standard InChI is InChI=1S/C17H24N2O2/c1-16(2,3)12-17(4,5)19-15(21)14-9-13(7-6-8-20)10-18-11-14/h9-11,20H,8,12H2,1-5H3,(H,19,21). The summed E-state index contributed by atoms with van der Waals surface area (Å²) in [6.07, 6.45) is 3.95. The third kappa shape index (κ3) is 6.42. The monoisotopic (exact) mass is 288 g/mol. The molecule has 2 N–H and O–H groups in total. The molecule has 0 atom stereocenters. The summed E-state index contributed by atoms with van der Waals surface area (Å²) in [5.74, 6) is 5.13. The lowest BCUT2D eigenvalue weighted by Crippen LogP contribution is -2.45. The van der Waals surface area contributed by atoms with E-state index in [1.54, 1.807) is 12.3 Å². The van der Waals surface area contributed by atoms with E-state index in [2.05, 4.69) is 42.9 Å². The normalized spacial score (nSPS) is 11.5. The number of nitrogens with zero attached hydrogens (tertiary/aromatic N) is 1. The van der Waals surface area contributed by atoms with Gasteiger partial charge in [0, 0.05) is 23.5 Å². The van der Waals surface area contributed by atoms with Crippen molar-refractivity contribution in [1.29, 1.82) is 0 Å². The summed E-state index contributed by atoms with van der Waals surface area (Å²) in [4.78, 5) is 16.3. The van der Waals surface area contributed by atoms with Gasteiger partial charge in [-0.15, -0.1) is 0 Å². The quantitative estimate of drug-likeness (QED) is 0.839. The van der Waals surface area contributed by atoms with E-state index in [4.69, 9.17) is 5.11 Å². The van der Waals surface area contributed by atoms with Crippen molar-refractivity contribution in [2.24, 2.45) is 5.41 Å². The van der Waals surface area contributed by atoms with Crippen LogP contribution in [-0.4, -0.2) is 28.1 Å². The zero-order valence-electron chi connectivity index (χ0n) is 13.4. The minimum atomic E-state index is -0.303. The van der Waals surface area contributed by atoms with E-state index in [9.17, 15) is 4.79 Å². The van der Waals surface area contributed by atoms with E-state index in [0.717, 1.165) is 6.42 Å². The first-order valence-electron chi connectivity index (χ1n) is 7.00. The van der Waals surface area contributed by atoms with Gasteiger partial charge >= 0.3 is 0 Å². The van der Waals surface area contributed by atoms with Gasteiger partial charge in [-0.1, -0.05) is 32.6 Å². The van der Waals surface area contributed by atoms with Crippen LogP contribution in [-0.2, 0) is 0 Å². The Morgan fingerprint density at radius 3 is 2.52 bits per heavy atom. The molecular formula is C17H24N2O2. The van der Waals surface area contributed by atoms with Gasteiger partial charge in [-0.3, -0.25) is 9.78 Å². The Balaban J connectivity index is 2.84. The van der Waals surface area contributed by atoms with Gasteiger partial charge in [-0.05, 0) is 31.7 Å². The molecule has 1 aromatic rings. The topological polar surface area (TPSA) is 62.2 Å². The van der Waals surface area contributed by atoms with Crippen LogP contribution in [0.1, 0.15) is 57.0 Å². The maximum Gasteiger partial charge on any atom is 0.253 e. The Hall–Kier alpha value is -1.86. The minimum Gasteiger partial charge on any atom is -0.384 e. The average Bonchev–Trinajstić information content (AvgIpc) is 2.33. The van der Waals surface area contributed by atoms with Crippen LogP contribution in [0.2, 0.25) is 0 Å². The summed E-state index contributed by atoms with van der Waals surface area (Å²) in [6, 6.07) is 1.68. The molecule has 4 nitrogen and oxygen atoms in total. The molecule has 0 aromatic carbocycles. The van der Waals surface area contributed by atoms with Crippen LogP contribution in [0.3, 0.4) is 0 Å². The Bertz CT molecular complexity index is 560. The van der Waals surface area contributed by atoms with Crippen LogP contribution in [0.4, 0.5) is 0 Å². The summed E-state index contributed by atoms with van der Waals surface area (Å²) in [5.41, 5.74) is 0.915. The van der Waals surface area contributed by atoms with Gasteiger partial charge in [0.2, 0.25) is 0 Å². The molecule has 0 aliphatic rings. The first-order valence-corrected chi connectivity index (χ1v) is 7.00. The minimum absolute atomic E-state index is 0.128. The Morgan fingerprint density at radius 1 is 1.29 bits per heavy atom. The molecule has 0 saturated heterocycles. The van der Waals surface area contributed by atoms with Crippen molar-refractivity contribution in [3.63, 3.8) is 0 Å². The van der Waals surface area contributed by atoms with Crippen molar-refractivity contribution >= 4 is 5.91 Å². The molecule has 0 unspecified atom stereocenters. The number of pyridine rings is 1. The van der Waals surface area contributed by atoms with Gasteiger partial charge < -0.3 is 10.4 Å². The van der Waals surface area contributed by atoms with Crippen molar-refractivity contribution < 1.29 is 9.90 Å². The Morgan fingerprint density at radius 2 is 1.95 bits per heavy atom. The predicted octanol–water partition coefficient (Wildman–Crippen LogP) is 2.37. The second kappa shape index (κ2) is 6.73. The van der Waals surface area contributed by atoms with Gasteiger partial charge in [0.15, 0.2) is 0 Å². The third-order valence-corrected chi connectivity index (χ3v) is 2.74. The van der Waals surface area contributed by atoms with E-state index in [0.29, 0.717) is 11.1 Å². The number of aromatic nitrogens is 1. The summed E-state index contributed by atoms with van der Waals surface area (Å²) >= 11 is 0. The van der Waals surface area contributed by atoms with Gasteiger partial charge in [-0.2, -0.15) is 0 Å². The zero-order chi connectivity index (χ0) is 16.1. The fraction of sp³-hybridized carbons (Fsp3) is 0.529. The lowest BCUT2D eigenvalue weighted by atomic mass is 9.81. The average molecular weight is 288 g/mol. The Kier molecular flexibility index (Phi) is 5.51. The molecular weight excluding hydrogens is 264 g/mol. The summed E-state index contributed by atoms with van der Waals surface area (Å²) in [5, 5.41) is 11.7. The number of amides is 1. The molecule has 4 heteroatoms. The van der Waals surface area contributed by atoms with E-state index < -0.39 is 0 Å². The van der Waals surface area contributed by atoms with Gasteiger partial charge in [0.25, 0.3) is 5.91 Å². The molecule has 1 aromatic heterocycles. The van der Waals surface area contributed by atoms with Crippen LogP contribution >= 0.6 is 0 Å². The largest absolute Gasteiger partial charge is 0.384 e. The van der Waals surface area contributed by atoms with Gasteiger partial charge in [-0.25, -0.2) is 0 Å². The molecule has 0 fully saturated rings. The van der Waals surface area contributed by atoms with Crippen LogP contribution in [0, 0.1) is 17.3 Å². The molecule has 1 rings (SSSR count). The van der Waals surface area contributed by atoms with Crippen LogP contribution in [0.25, 0.3) is 0 Å². The summed E-state index contributed by atoms with van der Waals surface area (Å²) in [6.45, 7) is 10.3. The van der Waals surface area contributed by atoms with E-state index in [-0.39, 0.29) is 23.5 Å². The lowest BCUT2D eigenvalue weighted by molar-refractivity contribution is 0.0891. The van der Waals surface area contributed by atoms with Crippen LogP contribution in [0.15, 0.2) is 18.5 Å². The highest BCUT2D eigenvalue weighted by Crippen LogP contribution is 2.27. The lowest BCUT2D eigenvalue weighted by Gasteiger charge is -2.33. The molecule has 1 heterocycles. The van der Waals surface area contributed by atoms with Gasteiger partial charge in [0.1, 0.15) is 6.61 Å². The zero-order valence-corrected chi connectivity index (χ0v) is 13.4. The fourth-order valence-electron chi connectivity index (χ4n) is 2.52. The SMILES string of the molecule is CC(C)(C)CC(C)(C)NC(=O)c1cncc(C#CCO)c1. The fourth-order valence-corrected chi connectivity index (χ4v) is 2.52. The number of aliphatic hydroxyl groups is 1. The third-order valence-electron chi connectivity index (χ3n) is 2.74. The number of nitrogens with one attached hydrogen (secondary N) is 1. The van der Waals surface area contributed by atoms with Gasteiger partial charge in [0.05, 0.1) is 5.56 Å². The molecule has 0 bridgehead atoms. The highest BCUT2D eigenvalue weighted by molar-refractivity contribution is 5.94. The molecule has 0 radical (unpaired) electrons. The number of rotatable bonds is 3. The van der Waals surface area contributed by atoms with Crippen molar-refractivity contribution in [1.82, 2.24) is 10.3 Å². The molecule has 0 saturated carbocycles. The van der Waals surface area contributed by atoms with Crippen molar-refractivity contribution in [2.75, 3.05) is 6.61 Å². The van der Waals surface area contributed by atoms with E-state index in [1.165, 1.54) is 6.20 Å².